The van der Waals surface area contributed by atoms with Gasteiger partial charge in [0.1, 0.15) is 17.9 Å². The molecule has 2 heterocycles. The molecule has 0 radical (unpaired) electrons. The molecule has 0 unspecified atom stereocenters. The van der Waals surface area contributed by atoms with Gasteiger partial charge >= 0.3 is 5.97 Å². The Morgan fingerprint density at radius 1 is 1.06 bits per heavy atom. The minimum atomic E-state index is -0.889. The van der Waals surface area contributed by atoms with Crippen molar-refractivity contribution in [2.24, 2.45) is 5.73 Å². The Labute approximate surface area is 298 Å². The van der Waals surface area contributed by atoms with Crippen LogP contribution in [0, 0.1) is 0 Å². The molecule has 1 aromatic heterocycles. The summed E-state index contributed by atoms with van der Waals surface area (Å²) in [5, 5.41) is 8.85. The number of benzene rings is 2. The zero-order valence-electron chi connectivity index (χ0n) is 29.7. The summed E-state index contributed by atoms with van der Waals surface area (Å²) in [5.74, 6) is -1.08. The van der Waals surface area contributed by atoms with Gasteiger partial charge in [-0.2, -0.15) is 0 Å². The number of carbonyl (C=O) groups excluding carboxylic acids is 5. The lowest BCUT2D eigenvalue weighted by Gasteiger charge is -2.25. The molecule has 1 aliphatic rings. The number of esters is 1. The number of aromatic amines is 1. The molecule has 14 heteroatoms. The van der Waals surface area contributed by atoms with Crippen molar-refractivity contribution in [3.63, 3.8) is 0 Å². The van der Waals surface area contributed by atoms with E-state index in [4.69, 9.17) is 10.5 Å². The number of imidazole rings is 1. The van der Waals surface area contributed by atoms with Crippen LogP contribution in [0.2, 0.25) is 0 Å². The zero-order chi connectivity index (χ0) is 36.8. The number of carbonyl (C=O) groups is 5. The molecule has 0 saturated heterocycles. The number of methoxy groups -OCH3 is 1. The third-order valence-corrected chi connectivity index (χ3v) is 8.70. The molecular formula is C37H50N8O6. The van der Waals surface area contributed by atoms with Crippen LogP contribution in [0.1, 0.15) is 79.7 Å². The number of nitrogens with one attached hydrogen (secondary N) is 4. The minimum Gasteiger partial charge on any atom is -0.469 e. The molecule has 0 aliphatic carbocycles. The van der Waals surface area contributed by atoms with Gasteiger partial charge in [0.2, 0.25) is 17.7 Å². The van der Waals surface area contributed by atoms with Crippen molar-refractivity contribution in [1.82, 2.24) is 30.4 Å². The fraction of sp³-hybridized carbons (Fsp3) is 0.459. The van der Waals surface area contributed by atoms with Crippen molar-refractivity contribution in [2.75, 3.05) is 25.5 Å². The molecule has 0 bridgehead atoms. The second-order valence-corrected chi connectivity index (χ2v) is 12.7. The van der Waals surface area contributed by atoms with Crippen molar-refractivity contribution in [3.05, 3.63) is 83.4 Å². The highest BCUT2D eigenvalue weighted by Gasteiger charge is 2.32. The Kier molecular flexibility index (Phi) is 14.5. The van der Waals surface area contributed by atoms with Crippen LogP contribution in [0.3, 0.4) is 0 Å². The molecule has 3 atom stereocenters. The van der Waals surface area contributed by atoms with Crippen LogP contribution in [0.15, 0.2) is 60.9 Å². The number of nitrogens with two attached hydrogens (primary N) is 1. The maximum absolute atomic E-state index is 14.0. The molecule has 6 N–H and O–H groups in total. The van der Waals surface area contributed by atoms with Crippen LogP contribution in [0.5, 0.6) is 0 Å². The minimum absolute atomic E-state index is 0.175. The second kappa shape index (κ2) is 19.2. The number of amides is 4. The van der Waals surface area contributed by atoms with E-state index in [2.05, 4.69) is 25.9 Å². The first-order valence-electron chi connectivity index (χ1n) is 17.5. The molecule has 3 aromatic rings. The third kappa shape index (κ3) is 11.1. The standard InChI is InChI=1S/C37H50N8O6/c1-4-10-28(38)34(47)43-30(11-5-2)35(48)41-16-9-19-44-23-27-20-26(14-15-29(27)42-31(37(44)50)21-33(46)51-3)36(49)45(24-32-39-17-18-40-32)22-25-12-7-6-8-13-25/h6-8,12-15,17-18,20,28,30-31,42H,4-5,9-11,16,19,21-24,38H2,1-3H3,(H,39,40)(H,41,48)(H,43,47)/t28-,30+,31-/m1/s1. The summed E-state index contributed by atoms with van der Waals surface area (Å²) in [6, 6.07) is 12.6. The highest BCUT2D eigenvalue weighted by molar-refractivity contribution is 5.96. The van der Waals surface area contributed by atoms with Crippen molar-refractivity contribution in [1.29, 1.82) is 0 Å². The predicted octanol–water partition coefficient (Wildman–Crippen LogP) is 2.86. The Bertz CT molecular complexity index is 1620. The van der Waals surface area contributed by atoms with Gasteiger partial charge in [0.05, 0.1) is 26.1 Å². The molecular weight excluding hydrogens is 652 g/mol. The van der Waals surface area contributed by atoms with Gasteiger partial charge in [-0.05, 0) is 48.6 Å². The monoisotopic (exact) mass is 702 g/mol. The van der Waals surface area contributed by atoms with Gasteiger partial charge in [-0.1, -0.05) is 57.0 Å². The first kappa shape index (κ1) is 38.6. The SMILES string of the molecule is CCC[C@@H](N)C(=O)N[C@@H](CCC)C(=O)NCCCN1Cc2cc(C(=O)N(Cc3ccccc3)Cc3ncc[nH]3)ccc2N[C@H](CC(=O)OC)C1=O. The second-order valence-electron chi connectivity index (χ2n) is 12.7. The van der Waals surface area contributed by atoms with E-state index >= 15 is 0 Å². The van der Waals surface area contributed by atoms with Crippen molar-refractivity contribution < 1.29 is 28.7 Å². The van der Waals surface area contributed by atoms with Crippen LogP contribution < -0.4 is 21.7 Å². The van der Waals surface area contributed by atoms with Crippen LogP contribution in [0.25, 0.3) is 0 Å². The topological polar surface area (TPSA) is 192 Å². The van der Waals surface area contributed by atoms with E-state index in [-0.39, 0.29) is 56.2 Å². The zero-order valence-corrected chi connectivity index (χ0v) is 29.7. The summed E-state index contributed by atoms with van der Waals surface area (Å²) in [6.07, 6.45) is 6.01. The fourth-order valence-electron chi connectivity index (χ4n) is 5.96. The van der Waals surface area contributed by atoms with E-state index < -0.39 is 24.1 Å². The van der Waals surface area contributed by atoms with E-state index in [0.717, 1.165) is 12.0 Å². The van der Waals surface area contributed by atoms with E-state index in [9.17, 15) is 24.0 Å². The largest absolute Gasteiger partial charge is 0.469 e. The lowest BCUT2D eigenvalue weighted by atomic mass is 10.1. The lowest BCUT2D eigenvalue weighted by molar-refractivity contribution is -0.144. The average Bonchev–Trinajstić information content (AvgIpc) is 3.61. The van der Waals surface area contributed by atoms with Crippen molar-refractivity contribution in [3.8, 4) is 0 Å². The normalized spacial score (nSPS) is 15.1. The lowest BCUT2D eigenvalue weighted by Crippen LogP contribution is -2.51. The maximum atomic E-state index is 14.0. The summed E-state index contributed by atoms with van der Waals surface area (Å²) in [7, 11) is 1.27. The number of H-pyrrole nitrogens is 1. The maximum Gasteiger partial charge on any atom is 0.308 e. The number of nitrogens with zero attached hydrogens (tertiary/aromatic N) is 3. The van der Waals surface area contributed by atoms with E-state index in [1.54, 1.807) is 40.4 Å². The smallest absolute Gasteiger partial charge is 0.308 e. The molecule has 1 aliphatic heterocycles. The van der Waals surface area contributed by atoms with Gasteiger partial charge in [0, 0.05) is 49.8 Å². The Hall–Kier alpha value is -5.24. The molecule has 14 nitrogen and oxygen atoms in total. The number of rotatable bonds is 18. The number of hydrogen-bond donors (Lipinski definition) is 5. The average molecular weight is 703 g/mol. The number of aromatic nitrogens is 2. The molecule has 0 spiro atoms. The van der Waals surface area contributed by atoms with Crippen LogP contribution >= 0.6 is 0 Å². The van der Waals surface area contributed by atoms with Gasteiger partial charge < -0.3 is 41.2 Å². The summed E-state index contributed by atoms with van der Waals surface area (Å²) in [4.78, 5) is 76.2. The quantitative estimate of drug-likeness (QED) is 0.0980. The van der Waals surface area contributed by atoms with Crippen molar-refractivity contribution >= 4 is 35.3 Å². The molecule has 4 rings (SSSR count). The van der Waals surface area contributed by atoms with E-state index in [1.165, 1.54) is 7.11 Å². The third-order valence-electron chi connectivity index (χ3n) is 8.70. The Morgan fingerprint density at radius 3 is 2.51 bits per heavy atom. The van der Waals surface area contributed by atoms with E-state index in [0.29, 0.717) is 54.9 Å². The number of anilines is 1. The Balaban J connectivity index is 1.49. The van der Waals surface area contributed by atoms with Crippen molar-refractivity contribution in [2.45, 2.75) is 90.1 Å². The van der Waals surface area contributed by atoms with Crippen LogP contribution in [-0.4, -0.2) is 87.7 Å². The first-order chi connectivity index (χ1) is 24.6. The molecule has 274 valence electrons. The van der Waals surface area contributed by atoms with E-state index in [1.807, 2.05) is 44.2 Å². The number of ether oxygens (including phenoxy) is 1. The highest BCUT2D eigenvalue weighted by atomic mass is 16.5. The van der Waals surface area contributed by atoms with Crippen LogP contribution in [-0.2, 0) is 43.5 Å². The first-order valence-corrected chi connectivity index (χ1v) is 17.5. The summed E-state index contributed by atoms with van der Waals surface area (Å²) >= 11 is 0. The number of fused-ring (bicyclic) bond motifs is 1. The fourth-order valence-corrected chi connectivity index (χ4v) is 5.96. The highest BCUT2D eigenvalue weighted by Crippen LogP contribution is 2.27. The van der Waals surface area contributed by atoms with Gasteiger partial charge in [-0.25, -0.2) is 4.98 Å². The van der Waals surface area contributed by atoms with Gasteiger partial charge in [-0.3, -0.25) is 24.0 Å². The molecule has 4 amide bonds. The Morgan fingerprint density at radius 2 is 1.82 bits per heavy atom. The van der Waals surface area contributed by atoms with Crippen LogP contribution in [0.4, 0.5) is 5.69 Å². The molecule has 2 aromatic carbocycles. The molecule has 51 heavy (non-hydrogen) atoms. The summed E-state index contributed by atoms with van der Waals surface area (Å²) in [6.45, 7) is 5.19. The summed E-state index contributed by atoms with van der Waals surface area (Å²) < 4.78 is 4.86. The van der Waals surface area contributed by atoms with Gasteiger partial charge in [-0.15, -0.1) is 0 Å². The van der Waals surface area contributed by atoms with Gasteiger partial charge in [0.25, 0.3) is 5.91 Å². The van der Waals surface area contributed by atoms with Gasteiger partial charge in [0.15, 0.2) is 0 Å². The number of hydrogen-bond acceptors (Lipinski definition) is 9. The molecule has 0 fully saturated rings. The predicted molar refractivity (Wildman–Crippen MR) is 192 cm³/mol. The molecule has 0 saturated carbocycles. The summed E-state index contributed by atoms with van der Waals surface area (Å²) in [5.41, 5.74) is 8.68.